The molecular weight excluding hydrogens is 220 g/mol. The van der Waals surface area contributed by atoms with E-state index in [1.807, 2.05) is 30.3 Å². The molecule has 0 saturated carbocycles. The first-order chi connectivity index (χ1) is 8.38. The van der Waals surface area contributed by atoms with Crippen molar-refractivity contribution < 1.29 is 18.9 Å². The van der Waals surface area contributed by atoms with E-state index in [-0.39, 0.29) is 24.6 Å². The Bertz CT molecular complexity index is 367. The summed E-state index contributed by atoms with van der Waals surface area (Å²) in [5.41, 5.74) is 1.17. The van der Waals surface area contributed by atoms with Crippen LogP contribution in [-0.2, 0) is 25.6 Å². The van der Waals surface area contributed by atoms with Crippen molar-refractivity contribution in [3.63, 3.8) is 0 Å². The predicted octanol–water partition coefficient (Wildman–Crippen LogP) is 1.34. The van der Waals surface area contributed by atoms with Gasteiger partial charge in [0, 0.05) is 7.11 Å². The van der Waals surface area contributed by atoms with E-state index in [0.717, 1.165) is 0 Å². The molecule has 17 heavy (non-hydrogen) atoms. The lowest BCUT2D eigenvalue weighted by atomic mass is 10.1. The average Bonchev–Trinajstić information content (AvgIpc) is 3.17. The van der Waals surface area contributed by atoms with Crippen LogP contribution in [0.5, 0.6) is 0 Å². The van der Waals surface area contributed by atoms with Crippen LogP contribution in [0.15, 0.2) is 30.3 Å². The van der Waals surface area contributed by atoms with E-state index in [1.165, 1.54) is 5.56 Å². The average molecular weight is 236 g/mol. The summed E-state index contributed by atoms with van der Waals surface area (Å²) in [5.74, 6) is 0. The quantitative estimate of drug-likeness (QED) is 0.740. The maximum atomic E-state index is 5.81. The molecule has 92 valence electrons. The smallest absolute Gasteiger partial charge is 0.186 e. The lowest BCUT2D eigenvalue weighted by Gasteiger charge is -2.24. The highest BCUT2D eigenvalue weighted by atomic mass is 16.7. The van der Waals surface area contributed by atoms with E-state index in [1.54, 1.807) is 7.11 Å². The van der Waals surface area contributed by atoms with Crippen molar-refractivity contribution >= 4 is 0 Å². The van der Waals surface area contributed by atoms with Crippen molar-refractivity contribution in [3.05, 3.63) is 35.9 Å². The highest BCUT2D eigenvalue weighted by Gasteiger charge is 2.55. The van der Waals surface area contributed by atoms with Gasteiger partial charge in [0.15, 0.2) is 6.29 Å². The number of hydrogen-bond acceptors (Lipinski definition) is 4. The van der Waals surface area contributed by atoms with E-state index in [4.69, 9.17) is 18.9 Å². The fraction of sp³-hybridized carbons (Fsp3) is 0.538. The minimum Gasteiger partial charge on any atom is -0.368 e. The first-order valence-corrected chi connectivity index (χ1v) is 5.84. The molecule has 4 atom stereocenters. The second-order valence-corrected chi connectivity index (χ2v) is 4.34. The Balaban J connectivity index is 1.51. The Hall–Kier alpha value is -0.940. The summed E-state index contributed by atoms with van der Waals surface area (Å²) >= 11 is 0. The third-order valence-electron chi connectivity index (χ3n) is 3.16. The fourth-order valence-electron chi connectivity index (χ4n) is 2.16. The molecule has 1 aromatic rings. The largest absolute Gasteiger partial charge is 0.368 e. The summed E-state index contributed by atoms with van der Waals surface area (Å²) in [4.78, 5) is 0. The molecule has 1 aromatic carbocycles. The van der Waals surface area contributed by atoms with Gasteiger partial charge in [-0.1, -0.05) is 30.3 Å². The first-order valence-electron chi connectivity index (χ1n) is 5.84. The van der Waals surface area contributed by atoms with Crippen LogP contribution in [0.25, 0.3) is 0 Å². The van der Waals surface area contributed by atoms with Crippen LogP contribution in [0.1, 0.15) is 5.56 Å². The van der Waals surface area contributed by atoms with Gasteiger partial charge in [0.05, 0.1) is 13.2 Å². The minimum atomic E-state index is -0.225. The van der Waals surface area contributed by atoms with Gasteiger partial charge in [0.2, 0.25) is 0 Å². The molecule has 2 heterocycles. The Kier molecular flexibility index (Phi) is 3.11. The summed E-state index contributed by atoms with van der Waals surface area (Å²) in [6, 6.07) is 10.1. The van der Waals surface area contributed by atoms with E-state index in [9.17, 15) is 0 Å². The molecule has 0 N–H and O–H groups in total. The second kappa shape index (κ2) is 4.74. The SMILES string of the molecule is CO[C@@H]1OC[C@@H](OCc2ccccc2)[C@@H]2O[C@H]12. The molecule has 0 bridgehead atoms. The van der Waals surface area contributed by atoms with Crippen molar-refractivity contribution in [2.24, 2.45) is 0 Å². The number of methoxy groups -OCH3 is 1. The van der Waals surface area contributed by atoms with Gasteiger partial charge in [-0.05, 0) is 5.56 Å². The normalized spacial score (nSPS) is 35.4. The van der Waals surface area contributed by atoms with Gasteiger partial charge in [-0.25, -0.2) is 0 Å². The van der Waals surface area contributed by atoms with E-state index in [2.05, 4.69) is 0 Å². The van der Waals surface area contributed by atoms with Gasteiger partial charge in [-0.2, -0.15) is 0 Å². The van der Waals surface area contributed by atoms with Crippen molar-refractivity contribution in [1.82, 2.24) is 0 Å². The lowest BCUT2D eigenvalue weighted by molar-refractivity contribution is -0.170. The zero-order valence-electron chi connectivity index (χ0n) is 9.74. The molecule has 0 unspecified atom stereocenters. The molecule has 2 fully saturated rings. The number of rotatable bonds is 4. The van der Waals surface area contributed by atoms with Crippen molar-refractivity contribution in [1.29, 1.82) is 0 Å². The van der Waals surface area contributed by atoms with Crippen LogP contribution >= 0.6 is 0 Å². The number of benzene rings is 1. The monoisotopic (exact) mass is 236 g/mol. The third-order valence-corrected chi connectivity index (χ3v) is 3.16. The van der Waals surface area contributed by atoms with E-state index in [0.29, 0.717) is 13.2 Å². The Labute approximate surface area is 100 Å². The molecule has 0 amide bonds. The minimum absolute atomic E-state index is 0.0200. The Morgan fingerprint density at radius 3 is 2.82 bits per heavy atom. The van der Waals surface area contributed by atoms with Gasteiger partial charge >= 0.3 is 0 Å². The third kappa shape index (κ3) is 2.35. The Morgan fingerprint density at radius 2 is 2.06 bits per heavy atom. The zero-order valence-corrected chi connectivity index (χ0v) is 9.74. The van der Waals surface area contributed by atoms with Gasteiger partial charge < -0.3 is 18.9 Å². The topological polar surface area (TPSA) is 40.2 Å². The molecule has 0 aliphatic carbocycles. The van der Waals surface area contributed by atoms with Crippen LogP contribution in [-0.4, -0.2) is 38.3 Å². The molecule has 0 spiro atoms. The number of ether oxygens (including phenoxy) is 4. The first kappa shape index (κ1) is 11.2. The standard InChI is InChI=1S/C13H16O4/c1-14-13-12-11(17-12)10(8-16-13)15-7-9-5-3-2-4-6-9/h2-6,10-13H,7-8H2,1H3/t10-,11+,12+,13-/m1/s1. The van der Waals surface area contributed by atoms with Crippen molar-refractivity contribution in [2.45, 2.75) is 31.2 Å². The molecule has 2 aliphatic rings. The molecule has 4 nitrogen and oxygen atoms in total. The van der Waals surface area contributed by atoms with Gasteiger partial charge in [0.25, 0.3) is 0 Å². The van der Waals surface area contributed by atoms with Crippen LogP contribution in [0.3, 0.4) is 0 Å². The van der Waals surface area contributed by atoms with Gasteiger partial charge in [-0.15, -0.1) is 0 Å². The molecule has 2 saturated heterocycles. The number of fused-ring (bicyclic) bond motifs is 1. The van der Waals surface area contributed by atoms with Crippen molar-refractivity contribution in [2.75, 3.05) is 13.7 Å². The Morgan fingerprint density at radius 1 is 1.24 bits per heavy atom. The van der Waals surface area contributed by atoms with E-state index < -0.39 is 0 Å². The fourth-order valence-corrected chi connectivity index (χ4v) is 2.16. The summed E-state index contributed by atoms with van der Waals surface area (Å²) in [7, 11) is 1.63. The number of epoxide rings is 1. The van der Waals surface area contributed by atoms with Crippen LogP contribution in [0, 0.1) is 0 Å². The molecule has 3 rings (SSSR count). The van der Waals surface area contributed by atoms with Crippen LogP contribution in [0.4, 0.5) is 0 Å². The molecular formula is C13H16O4. The number of hydrogen-bond donors (Lipinski definition) is 0. The molecule has 2 aliphatic heterocycles. The summed E-state index contributed by atoms with van der Waals surface area (Å²) < 4.78 is 22.0. The molecule has 0 aromatic heterocycles. The maximum Gasteiger partial charge on any atom is 0.186 e. The van der Waals surface area contributed by atoms with E-state index >= 15 is 0 Å². The highest BCUT2D eigenvalue weighted by molar-refractivity contribution is 5.13. The predicted molar refractivity (Wildman–Crippen MR) is 60.4 cm³/mol. The zero-order chi connectivity index (χ0) is 11.7. The van der Waals surface area contributed by atoms with Gasteiger partial charge in [0.1, 0.15) is 18.3 Å². The second-order valence-electron chi connectivity index (χ2n) is 4.34. The van der Waals surface area contributed by atoms with Gasteiger partial charge in [-0.3, -0.25) is 0 Å². The van der Waals surface area contributed by atoms with Crippen LogP contribution in [0.2, 0.25) is 0 Å². The lowest BCUT2D eigenvalue weighted by Crippen LogP contribution is -2.39. The summed E-state index contributed by atoms with van der Waals surface area (Å²) in [5, 5.41) is 0. The maximum absolute atomic E-state index is 5.81. The summed E-state index contributed by atoms with van der Waals surface area (Å²) in [6.45, 7) is 1.13. The highest BCUT2D eigenvalue weighted by Crippen LogP contribution is 2.36. The molecule has 4 heteroatoms. The molecule has 0 radical (unpaired) electrons. The van der Waals surface area contributed by atoms with Crippen LogP contribution < -0.4 is 0 Å². The summed E-state index contributed by atoms with van der Waals surface area (Å²) in [6.07, 6.45) is -0.0184. The van der Waals surface area contributed by atoms with Crippen molar-refractivity contribution in [3.8, 4) is 0 Å².